The van der Waals surface area contributed by atoms with E-state index in [0.29, 0.717) is 11.3 Å². The second-order valence-electron chi connectivity index (χ2n) is 6.57. The van der Waals surface area contributed by atoms with Gasteiger partial charge in [-0.05, 0) is 30.3 Å². The van der Waals surface area contributed by atoms with Crippen molar-refractivity contribution in [1.82, 2.24) is 0 Å². The van der Waals surface area contributed by atoms with E-state index in [2.05, 4.69) is 0 Å². The molecule has 0 spiro atoms. The first kappa shape index (κ1) is 18.4. The number of carbonyl (C=O) groups excluding carboxylic acids is 2. The van der Waals surface area contributed by atoms with Crippen LogP contribution in [0.1, 0.15) is 17.2 Å². The van der Waals surface area contributed by atoms with Crippen LogP contribution in [0.5, 0.6) is 5.75 Å². The molecule has 0 saturated carbocycles. The number of phenols is 1. The summed E-state index contributed by atoms with van der Waals surface area (Å²) in [6.07, 6.45) is 0. The number of nitrogens with zero attached hydrogens (tertiary/aromatic N) is 1. The number of phenolic OH excluding ortho intramolecular Hbond substituents is 1. The molecule has 1 fully saturated rings. The molecular formula is C23H16FNO4. The van der Waals surface area contributed by atoms with Gasteiger partial charge in [-0.2, -0.15) is 0 Å². The number of hydrogen-bond acceptors (Lipinski definition) is 4. The maximum atomic E-state index is 14.7. The van der Waals surface area contributed by atoms with Gasteiger partial charge >= 0.3 is 0 Å². The lowest BCUT2D eigenvalue weighted by Gasteiger charge is -2.25. The number of ketones is 1. The van der Waals surface area contributed by atoms with E-state index in [1.54, 1.807) is 36.4 Å². The number of aromatic hydroxyl groups is 1. The van der Waals surface area contributed by atoms with Crippen molar-refractivity contribution in [3.05, 3.63) is 101 Å². The number of aliphatic hydroxyl groups is 1. The lowest BCUT2D eigenvalue weighted by atomic mass is 9.94. The van der Waals surface area contributed by atoms with Crippen LogP contribution in [-0.2, 0) is 9.59 Å². The standard InChI is InChI=1S/C23H16FNO4/c24-18-9-5-4-8-17(18)20-19(21(27)14-6-2-1-3-7-14)22(28)23(29)25(20)15-10-12-16(26)13-11-15/h1-13,20,26-27H/b21-19-. The summed E-state index contributed by atoms with van der Waals surface area (Å²) in [6.45, 7) is 0. The Hall–Kier alpha value is -3.93. The lowest BCUT2D eigenvalue weighted by molar-refractivity contribution is -0.132. The molecule has 144 valence electrons. The first-order chi connectivity index (χ1) is 14.0. The normalized spacial score (nSPS) is 18.2. The van der Waals surface area contributed by atoms with Crippen LogP contribution >= 0.6 is 0 Å². The predicted octanol–water partition coefficient (Wildman–Crippen LogP) is 4.16. The summed E-state index contributed by atoms with van der Waals surface area (Å²) in [4.78, 5) is 26.9. The second kappa shape index (κ2) is 7.24. The van der Waals surface area contributed by atoms with Crippen molar-refractivity contribution in [2.75, 3.05) is 4.90 Å². The van der Waals surface area contributed by atoms with E-state index in [1.165, 1.54) is 42.5 Å². The van der Waals surface area contributed by atoms with Crippen molar-refractivity contribution < 1.29 is 24.2 Å². The molecule has 6 heteroatoms. The molecule has 1 atom stereocenters. The number of carbonyl (C=O) groups is 2. The average molecular weight is 389 g/mol. The fourth-order valence-corrected chi connectivity index (χ4v) is 3.45. The van der Waals surface area contributed by atoms with Gasteiger partial charge in [0.05, 0.1) is 11.6 Å². The van der Waals surface area contributed by atoms with Gasteiger partial charge in [0.1, 0.15) is 17.3 Å². The first-order valence-electron chi connectivity index (χ1n) is 8.89. The van der Waals surface area contributed by atoms with E-state index in [9.17, 15) is 24.2 Å². The molecule has 29 heavy (non-hydrogen) atoms. The highest BCUT2D eigenvalue weighted by molar-refractivity contribution is 6.51. The minimum atomic E-state index is -1.15. The zero-order chi connectivity index (χ0) is 20.5. The Balaban J connectivity index is 1.97. The molecule has 5 nitrogen and oxygen atoms in total. The van der Waals surface area contributed by atoms with Crippen LogP contribution in [-0.4, -0.2) is 21.9 Å². The quantitative estimate of drug-likeness (QED) is 0.401. The van der Waals surface area contributed by atoms with Crippen LogP contribution < -0.4 is 4.90 Å². The van der Waals surface area contributed by atoms with Crippen LogP contribution in [0.25, 0.3) is 5.76 Å². The summed E-state index contributed by atoms with van der Waals surface area (Å²) < 4.78 is 14.7. The van der Waals surface area contributed by atoms with Crippen molar-refractivity contribution in [3.8, 4) is 5.75 Å². The van der Waals surface area contributed by atoms with E-state index >= 15 is 0 Å². The number of benzene rings is 3. The number of halogens is 1. The van der Waals surface area contributed by atoms with Gasteiger partial charge in [-0.3, -0.25) is 14.5 Å². The number of hydrogen-bond donors (Lipinski definition) is 2. The molecule has 0 aliphatic carbocycles. The van der Waals surface area contributed by atoms with Gasteiger partial charge in [0.2, 0.25) is 0 Å². The molecule has 1 amide bonds. The monoisotopic (exact) mass is 389 g/mol. The highest BCUT2D eigenvalue weighted by atomic mass is 19.1. The van der Waals surface area contributed by atoms with Crippen LogP contribution in [0.4, 0.5) is 10.1 Å². The van der Waals surface area contributed by atoms with Crippen LogP contribution in [0.15, 0.2) is 84.4 Å². The SMILES string of the molecule is O=C1C(=O)N(c2ccc(O)cc2)C(c2ccccc2F)/C1=C(/O)c1ccccc1. The predicted molar refractivity (Wildman–Crippen MR) is 106 cm³/mol. The van der Waals surface area contributed by atoms with E-state index < -0.39 is 23.5 Å². The Morgan fingerprint density at radius 3 is 2.14 bits per heavy atom. The molecule has 2 N–H and O–H groups in total. The van der Waals surface area contributed by atoms with Gasteiger partial charge in [-0.15, -0.1) is 0 Å². The number of anilines is 1. The molecule has 0 radical (unpaired) electrons. The van der Waals surface area contributed by atoms with Gasteiger partial charge in [-0.1, -0.05) is 48.5 Å². The number of Topliss-reactive ketones (excluding diaryl/α,β-unsaturated/α-hetero) is 1. The maximum Gasteiger partial charge on any atom is 0.300 e. The van der Waals surface area contributed by atoms with Crippen LogP contribution in [0.2, 0.25) is 0 Å². The van der Waals surface area contributed by atoms with Gasteiger partial charge in [-0.25, -0.2) is 4.39 Å². The van der Waals surface area contributed by atoms with Crippen molar-refractivity contribution >= 4 is 23.1 Å². The van der Waals surface area contributed by atoms with Gasteiger partial charge in [0.15, 0.2) is 0 Å². The van der Waals surface area contributed by atoms with Gasteiger partial charge in [0, 0.05) is 16.8 Å². The fourth-order valence-electron chi connectivity index (χ4n) is 3.45. The topological polar surface area (TPSA) is 77.8 Å². The fraction of sp³-hybridized carbons (Fsp3) is 0.0435. The molecule has 1 unspecified atom stereocenters. The van der Waals surface area contributed by atoms with Gasteiger partial charge < -0.3 is 10.2 Å². The minimum absolute atomic E-state index is 0.0166. The Morgan fingerprint density at radius 1 is 0.862 bits per heavy atom. The van der Waals surface area contributed by atoms with Crippen molar-refractivity contribution in [2.45, 2.75) is 6.04 Å². The summed E-state index contributed by atoms with van der Waals surface area (Å²) in [5.74, 6) is -2.80. The molecule has 4 rings (SSSR count). The molecular weight excluding hydrogens is 373 g/mol. The van der Waals surface area contributed by atoms with Gasteiger partial charge in [0.25, 0.3) is 11.7 Å². The van der Waals surface area contributed by atoms with Crippen molar-refractivity contribution in [3.63, 3.8) is 0 Å². The third-order valence-corrected chi connectivity index (χ3v) is 4.82. The van der Waals surface area contributed by atoms with E-state index in [0.717, 1.165) is 4.90 Å². The second-order valence-corrected chi connectivity index (χ2v) is 6.57. The Morgan fingerprint density at radius 2 is 1.48 bits per heavy atom. The molecule has 0 bridgehead atoms. The maximum absolute atomic E-state index is 14.7. The van der Waals surface area contributed by atoms with Crippen molar-refractivity contribution in [2.24, 2.45) is 0 Å². The molecule has 3 aromatic rings. The summed E-state index contributed by atoms with van der Waals surface area (Å²) in [5, 5.41) is 20.4. The number of amides is 1. The summed E-state index contributed by atoms with van der Waals surface area (Å²) in [5.41, 5.74) is 0.527. The Kier molecular flexibility index (Phi) is 4.60. The zero-order valence-corrected chi connectivity index (χ0v) is 15.1. The highest BCUT2D eigenvalue weighted by Crippen LogP contribution is 2.43. The van der Waals surface area contributed by atoms with Crippen LogP contribution in [0, 0.1) is 5.82 Å². The molecule has 3 aromatic carbocycles. The lowest BCUT2D eigenvalue weighted by Crippen LogP contribution is -2.29. The Labute approximate surface area is 166 Å². The third-order valence-electron chi connectivity index (χ3n) is 4.82. The molecule has 1 aliphatic heterocycles. The summed E-state index contributed by atoms with van der Waals surface area (Å²) in [7, 11) is 0. The number of aliphatic hydroxyl groups excluding tert-OH is 1. The van der Waals surface area contributed by atoms with E-state index in [-0.39, 0.29) is 22.6 Å². The molecule has 1 aliphatic rings. The molecule has 1 saturated heterocycles. The Bertz CT molecular complexity index is 1120. The average Bonchev–Trinajstić information content (AvgIpc) is 3.00. The molecule has 0 aromatic heterocycles. The highest BCUT2D eigenvalue weighted by Gasteiger charge is 2.47. The smallest absolute Gasteiger partial charge is 0.300 e. The number of rotatable bonds is 3. The van der Waals surface area contributed by atoms with E-state index in [1.807, 2.05) is 0 Å². The zero-order valence-electron chi connectivity index (χ0n) is 15.1. The van der Waals surface area contributed by atoms with Crippen LogP contribution in [0.3, 0.4) is 0 Å². The van der Waals surface area contributed by atoms with E-state index in [4.69, 9.17) is 0 Å². The van der Waals surface area contributed by atoms with Crippen molar-refractivity contribution in [1.29, 1.82) is 0 Å². The first-order valence-corrected chi connectivity index (χ1v) is 8.89. The molecule has 1 heterocycles. The third kappa shape index (κ3) is 3.14. The largest absolute Gasteiger partial charge is 0.508 e. The summed E-state index contributed by atoms with van der Waals surface area (Å²) in [6, 6.07) is 18.6. The summed E-state index contributed by atoms with van der Waals surface area (Å²) >= 11 is 0. The minimum Gasteiger partial charge on any atom is -0.508 e.